The zero-order valence-electron chi connectivity index (χ0n) is 19.0. The third-order valence-electron chi connectivity index (χ3n) is 6.00. The van der Waals surface area contributed by atoms with Crippen molar-refractivity contribution in [2.45, 2.75) is 25.7 Å². The second kappa shape index (κ2) is 10.00. The number of rotatable bonds is 6. The fourth-order valence-electron chi connectivity index (χ4n) is 4.24. The van der Waals surface area contributed by atoms with E-state index >= 15 is 0 Å². The lowest BCUT2D eigenvalue weighted by atomic mass is 9.76. The monoisotopic (exact) mass is 493 g/mol. The Hall–Kier alpha value is -3.15. The molecule has 1 heterocycles. The number of carbonyl (C=O) groups excluding carboxylic acids is 2. The van der Waals surface area contributed by atoms with Crippen molar-refractivity contribution in [1.29, 1.82) is 0 Å². The highest BCUT2D eigenvalue weighted by Gasteiger charge is 2.41. The molecule has 7 heteroatoms. The summed E-state index contributed by atoms with van der Waals surface area (Å²) in [6, 6.07) is 24.3. The number of nitrogens with zero attached hydrogens (tertiary/aromatic N) is 3. The van der Waals surface area contributed by atoms with Crippen LogP contribution in [0.25, 0.3) is 0 Å². The van der Waals surface area contributed by atoms with E-state index in [2.05, 4.69) is 19.1 Å². The summed E-state index contributed by atoms with van der Waals surface area (Å²) >= 11 is 12.1. The normalized spacial score (nSPS) is 17.4. The number of anilines is 1. The van der Waals surface area contributed by atoms with Gasteiger partial charge >= 0.3 is 0 Å². The van der Waals surface area contributed by atoms with Crippen LogP contribution in [0.2, 0.25) is 10.0 Å². The van der Waals surface area contributed by atoms with Crippen LogP contribution in [0.15, 0.2) is 84.0 Å². The lowest BCUT2D eigenvalue weighted by molar-refractivity contribution is -0.127. The maximum atomic E-state index is 13.4. The second-order valence-electron chi connectivity index (χ2n) is 8.43. The maximum Gasteiger partial charge on any atom is 0.255 e. The molecule has 1 aliphatic heterocycles. The average Bonchev–Trinajstić information content (AvgIpc) is 3.18. The predicted molar refractivity (Wildman–Crippen MR) is 138 cm³/mol. The van der Waals surface area contributed by atoms with Crippen molar-refractivity contribution < 1.29 is 9.59 Å². The number of halogens is 2. The summed E-state index contributed by atoms with van der Waals surface area (Å²) in [7, 11) is 0. The molecule has 0 radical (unpaired) electrons. The van der Waals surface area contributed by atoms with Gasteiger partial charge in [0.05, 0.1) is 23.4 Å². The summed E-state index contributed by atoms with van der Waals surface area (Å²) in [6.45, 7) is 4.31. The van der Waals surface area contributed by atoms with E-state index in [4.69, 9.17) is 28.3 Å². The first-order valence-electron chi connectivity index (χ1n) is 11.1. The molecule has 0 fully saturated rings. The van der Waals surface area contributed by atoms with Gasteiger partial charge < -0.3 is 0 Å². The molecule has 3 aromatic carbocycles. The Bertz CT molecular complexity index is 1210. The fraction of sp³-hybridized carbons (Fsp3) is 0.222. The summed E-state index contributed by atoms with van der Waals surface area (Å²) in [5, 5.41) is 7.78. The van der Waals surface area contributed by atoms with Crippen LogP contribution >= 0.6 is 23.2 Å². The molecule has 174 valence electrons. The first kappa shape index (κ1) is 24.0. The molecule has 3 aromatic rings. The van der Waals surface area contributed by atoms with Gasteiger partial charge in [-0.25, -0.2) is 4.90 Å². The zero-order chi connectivity index (χ0) is 24.3. The molecule has 0 spiro atoms. The number of hydrogen-bond acceptors (Lipinski definition) is 4. The zero-order valence-corrected chi connectivity index (χ0v) is 20.6. The molecule has 1 unspecified atom stereocenters. The molecule has 0 N–H and O–H groups in total. The van der Waals surface area contributed by atoms with Gasteiger partial charge in [-0.2, -0.15) is 5.10 Å². The number of hydrogen-bond donors (Lipinski definition) is 0. The Morgan fingerprint density at radius 1 is 0.912 bits per heavy atom. The summed E-state index contributed by atoms with van der Waals surface area (Å²) in [4.78, 5) is 27.3. The first-order valence-corrected chi connectivity index (χ1v) is 11.8. The maximum absolute atomic E-state index is 13.4. The van der Waals surface area contributed by atoms with Crippen molar-refractivity contribution in [3.05, 3.63) is 100 Å². The lowest BCUT2D eigenvalue weighted by Crippen LogP contribution is -2.43. The van der Waals surface area contributed by atoms with E-state index in [0.29, 0.717) is 22.3 Å². The molecule has 0 aromatic heterocycles. The molecular weight excluding hydrogens is 469 g/mol. The summed E-state index contributed by atoms with van der Waals surface area (Å²) in [5.74, 6) is -0.620. The highest BCUT2D eigenvalue weighted by Crippen LogP contribution is 2.35. The van der Waals surface area contributed by atoms with Gasteiger partial charge in [-0.3, -0.25) is 14.6 Å². The topological polar surface area (TPSA) is 53.0 Å². The molecule has 1 aliphatic rings. The van der Waals surface area contributed by atoms with E-state index in [0.717, 1.165) is 16.8 Å². The summed E-state index contributed by atoms with van der Waals surface area (Å²) < 4.78 is 0. The molecule has 1 atom stereocenters. The highest BCUT2D eigenvalue weighted by atomic mass is 35.5. The molecule has 0 saturated carbocycles. The number of carbonyl (C=O) groups is 2. The van der Waals surface area contributed by atoms with E-state index in [-0.39, 0.29) is 24.8 Å². The standard InChI is InChI=1S/C27H25Cl2N3O2/c1-3-24(33)32(23-15-13-22(29)14-16-23)25(34)17-31-18-27(2,20-7-5-4-6-8-20)26(30-31)19-9-11-21(28)12-10-19/h4-16H,3,17-18H2,1-2H3. The van der Waals surface area contributed by atoms with Crippen molar-refractivity contribution >= 4 is 46.4 Å². The molecule has 0 aliphatic carbocycles. The van der Waals surface area contributed by atoms with Gasteiger partial charge in [0.1, 0.15) is 6.54 Å². The van der Waals surface area contributed by atoms with Gasteiger partial charge in [-0.05, 0) is 54.4 Å². The van der Waals surface area contributed by atoms with Gasteiger partial charge in [-0.15, -0.1) is 0 Å². The largest absolute Gasteiger partial charge is 0.286 e. The number of imide groups is 1. The molecule has 4 rings (SSSR count). The van der Waals surface area contributed by atoms with Gasteiger partial charge in [0, 0.05) is 16.5 Å². The Balaban J connectivity index is 1.67. The third kappa shape index (κ3) is 4.86. The van der Waals surface area contributed by atoms with Crippen LogP contribution in [0, 0.1) is 0 Å². The number of amides is 2. The smallest absolute Gasteiger partial charge is 0.255 e. The van der Waals surface area contributed by atoms with E-state index in [9.17, 15) is 9.59 Å². The minimum atomic E-state index is -0.449. The van der Waals surface area contributed by atoms with Crippen molar-refractivity contribution in [3.8, 4) is 0 Å². The SMILES string of the molecule is CCC(=O)N(C(=O)CN1CC(C)(c2ccccc2)C(c2ccc(Cl)cc2)=N1)c1ccc(Cl)cc1. The van der Waals surface area contributed by atoms with E-state index < -0.39 is 5.41 Å². The van der Waals surface area contributed by atoms with Gasteiger partial charge in [-0.1, -0.05) is 72.6 Å². The molecule has 34 heavy (non-hydrogen) atoms. The van der Waals surface area contributed by atoms with Crippen LogP contribution in [0.5, 0.6) is 0 Å². The highest BCUT2D eigenvalue weighted by molar-refractivity contribution is 6.31. The van der Waals surface area contributed by atoms with Crippen LogP contribution in [0.1, 0.15) is 31.4 Å². The van der Waals surface area contributed by atoms with Crippen LogP contribution in [0.3, 0.4) is 0 Å². The van der Waals surface area contributed by atoms with Crippen LogP contribution < -0.4 is 4.90 Å². The summed E-state index contributed by atoms with van der Waals surface area (Å²) in [5.41, 5.74) is 2.92. The van der Waals surface area contributed by atoms with Crippen LogP contribution in [0.4, 0.5) is 5.69 Å². The first-order chi connectivity index (χ1) is 16.3. The van der Waals surface area contributed by atoms with Crippen molar-refractivity contribution in [3.63, 3.8) is 0 Å². The Morgan fingerprint density at radius 2 is 1.50 bits per heavy atom. The summed E-state index contributed by atoms with van der Waals surface area (Å²) in [6.07, 6.45) is 0.204. The number of hydrazone groups is 1. The predicted octanol–water partition coefficient (Wildman–Crippen LogP) is 5.94. The number of benzene rings is 3. The Morgan fingerprint density at radius 3 is 2.09 bits per heavy atom. The van der Waals surface area contributed by atoms with Gasteiger partial charge in [0.25, 0.3) is 5.91 Å². The van der Waals surface area contributed by atoms with Crippen LogP contribution in [-0.2, 0) is 15.0 Å². The van der Waals surface area contributed by atoms with Crippen molar-refractivity contribution in [1.82, 2.24) is 5.01 Å². The van der Waals surface area contributed by atoms with Crippen LogP contribution in [-0.4, -0.2) is 35.6 Å². The minimum absolute atomic E-state index is 0.0338. The molecule has 2 amide bonds. The van der Waals surface area contributed by atoms with Gasteiger partial charge in [0.2, 0.25) is 5.91 Å². The van der Waals surface area contributed by atoms with Crippen molar-refractivity contribution in [2.24, 2.45) is 5.10 Å². The van der Waals surface area contributed by atoms with E-state index in [1.54, 1.807) is 36.2 Å². The molecule has 5 nitrogen and oxygen atoms in total. The fourth-order valence-corrected chi connectivity index (χ4v) is 4.49. The second-order valence-corrected chi connectivity index (χ2v) is 9.30. The third-order valence-corrected chi connectivity index (χ3v) is 6.50. The molecular formula is C27H25Cl2N3O2. The minimum Gasteiger partial charge on any atom is -0.286 e. The molecule has 0 saturated heterocycles. The van der Waals surface area contributed by atoms with E-state index in [1.807, 2.05) is 42.5 Å². The average molecular weight is 494 g/mol. The Labute approximate surface area is 209 Å². The van der Waals surface area contributed by atoms with Crippen molar-refractivity contribution in [2.75, 3.05) is 18.0 Å². The van der Waals surface area contributed by atoms with Gasteiger partial charge in [0.15, 0.2) is 0 Å². The molecule has 0 bridgehead atoms. The quantitative estimate of drug-likeness (QED) is 0.426. The van der Waals surface area contributed by atoms with E-state index in [1.165, 1.54) is 4.90 Å². The Kier molecular flexibility index (Phi) is 7.05. The lowest BCUT2D eigenvalue weighted by Gasteiger charge is -2.28.